The van der Waals surface area contributed by atoms with E-state index in [4.69, 9.17) is 14.0 Å². The van der Waals surface area contributed by atoms with E-state index in [2.05, 4.69) is 0 Å². The SMILES string of the molecule is COCCOP(C(=O)c1c(C)cc(C)cc1C)c1ccc(OC)cc1.[Li]. The summed E-state index contributed by atoms with van der Waals surface area (Å²) in [6.45, 7) is 6.82. The molecular weight excluding hydrogens is 342 g/mol. The van der Waals surface area contributed by atoms with Crippen LogP contribution in [0.4, 0.5) is 0 Å². The topological polar surface area (TPSA) is 44.8 Å². The van der Waals surface area contributed by atoms with Crippen LogP contribution in [-0.2, 0) is 9.26 Å². The number of carbonyl (C=O) groups is 1. The van der Waals surface area contributed by atoms with Crippen molar-refractivity contribution in [1.29, 1.82) is 0 Å². The van der Waals surface area contributed by atoms with Crippen LogP contribution in [0.2, 0.25) is 0 Å². The van der Waals surface area contributed by atoms with Crippen molar-refractivity contribution < 1.29 is 18.8 Å². The van der Waals surface area contributed by atoms with Gasteiger partial charge in [-0.3, -0.25) is 4.79 Å². The van der Waals surface area contributed by atoms with E-state index >= 15 is 0 Å². The molecule has 0 aliphatic carbocycles. The standard InChI is InChI=1S/C20H25O4P.Li/c1-14-12-15(2)19(16(3)13-14)20(21)25(24-11-10-22-4)18-8-6-17(23-5)7-9-18;/h6-9,12-13H,10-11H2,1-5H3;. The zero-order valence-electron chi connectivity index (χ0n) is 16.5. The molecule has 4 nitrogen and oxygen atoms in total. The van der Waals surface area contributed by atoms with Crippen LogP contribution < -0.4 is 10.0 Å². The fourth-order valence-corrected chi connectivity index (χ4v) is 4.53. The quantitative estimate of drug-likeness (QED) is 0.405. The maximum absolute atomic E-state index is 13.3. The van der Waals surface area contributed by atoms with Crippen molar-refractivity contribution in [2.45, 2.75) is 20.8 Å². The van der Waals surface area contributed by atoms with Crippen molar-refractivity contribution in [2.75, 3.05) is 27.4 Å². The molecule has 0 saturated heterocycles. The Bertz CT molecular complexity index is 708. The van der Waals surface area contributed by atoms with E-state index in [0.717, 1.165) is 33.3 Å². The van der Waals surface area contributed by atoms with Gasteiger partial charge in [0.2, 0.25) is 5.52 Å². The summed E-state index contributed by atoms with van der Waals surface area (Å²) in [7, 11) is 1.80. The van der Waals surface area contributed by atoms with Crippen LogP contribution in [0.15, 0.2) is 36.4 Å². The molecule has 1 unspecified atom stereocenters. The van der Waals surface area contributed by atoms with E-state index in [0.29, 0.717) is 13.2 Å². The number of ether oxygens (including phenoxy) is 2. The molecule has 2 rings (SSSR count). The Kier molecular flexibility index (Phi) is 9.58. The number of hydrogen-bond acceptors (Lipinski definition) is 4. The zero-order chi connectivity index (χ0) is 18.4. The van der Waals surface area contributed by atoms with E-state index in [9.17, 15) is 4.79 Å². The van der Waals surface area contributed by atoms with Crippen LogP contribution in [0.5, 0.6) is 5.75 Å². The van der Waals surface area contributed by atoms with Gasteiger partial charge in [-0.05, 0) is 56.2 Å². The van der Waals surface area contributed by atoms with Gasteiger partial charge >= 0.3 is 0 Å². The molecule has 0 aliphatic heterocycles. The fraction of sp³-hybridized carbons (Fsp3) is 0.350. The second-order valence-corrected chi connectivity index (χ2v) is 7.67. The first-order chi connectivity index (χ1) is 12.0. The molecule has 135 valence electrons. The van der Waals surface area contributed by atoms with Crippen LogP contribution >= 0.6 is 8.15 Å². The Hall–Kier alpha value is -1.14. The normalized spacial score (nSPS) is 11.6. The Morgan fingerprint density at radius 2 is 1.54 bits per heavy atom. The first kappa shape index (κ1) is 22.9. The van der Waals surface area contributed by atoms with Crippen molar-refractivity contribution in [1.82, 2.24) is 0 Å². The molecule has 0 amide bonds. The molecule has 0 heterocycles. The number of carbonyl (C=O) groups excluding carboxylic acids is 1. The van der Waals surface area contributed by atoms with Gasteiger partial charge in [0.05, 0.1) is 20.3 Å². The molecule has 26 heavy (non-hydrogen) atoms. The molecule has 0 fully saturated rings. The summed E-state index contributed by atoms with van der Waals surface area (Å²) in [6, 6.07) is 11.6. The van der Waals surface area contributed by atoms with Crippen LogP contribution in [0.25, 0.3) is 0 Å². The molecule has 6 heteroatoms. The van der Waals surface area contributed by atoms with Crippen LogP contribution in [0, 0.1) is 20.8 Å². The predicted octanol–water partition coefficient (Wildman–Crippen LogP) is 3.77. The Morgan fingerprint density at radius 3 is 2.04 bits per heavy atom. The van der Waals surface area contributed by atoms with Gasteiger partial charge in [0.15, 0.2) is 0 Å². The first-order valence-electron chi connectivity index (χ1n) is 8.16. The van der Waals surface area contributed by atoms with E-state index < -0.39 is 8.15 Å². The molecule has 0 saturated carbocycles. The number of rotatable bonds is 8. The van der Waals surface area contributed by atoms with Crippen molar-refractivity contribution in [2.24, 2.45) is 0 Å². The maximum atomic E-state index is 13.3. The van der Waals surface area contributed by atoms with Gasteiger partial charge in [0, 0.05) is 36.8 Å². The summed E-state index contributed by atoms with van der Waals surface area (Å²) in [4.78, 5) is 13.3. The minimum atomic E-state index is -1.44. The predicted molar refractivity (Wildman–Crippen MR) is 108 cm³/mol. The van der Waals surface area contributed by atoms with E-state index in [1.54, 1.807) is 14.2 Å². The number of aryl methyl sites for hydroxylation is 3. The molecule has 0 N–H and O–H groups in total. The van der Waals surface area contributed by atoms with Gasteiger partial charge in [-0.1, -0.05) is 17.7 Å². The summed E-state index contributed by atoms with van der Waals surface area (Å²) in [5.41, 5.74) is 3.91. The molecule has 1 radical (unpaired) electrons. The third kappa shape index (κ3) is 5.68. The van der Waals surface area contributed by atoms with Gasteiger partial charge < -0.3 is 14.0 Å². The van der Waals surface area contributed by atoms with E-state index in [1.807, 2.05) is 57.2 Å². The molecule has 2 aromatic rings. The van der Waals surface area contributed by atoms with E-state index in [-0.39, 0.29) is 24.4 Å². The summed E-state index contributed by atoms with van der Waals surface area (Å²) in [5.74, 6) is 0.755. The summed E-state index contributed by atoms with van der Waals surface area (Å²) in [6.07, 6.45) is 0. The molecule has 0 spiro atoms. The van der Waals surface area contributed by atoms with Gasteiger partial charge in [-0.2, -0.15) is 0 Å². The summed E-state index contributed by atoms with van der Waals surface area (Å²) >= 11 is 0. The van der Waals surface area contributed by atoms with Crippen LogP contribution in [-0.4, -0.2) is 51.8 Å². The molecule has 0 aromatic heterocycles. The third-order valence-corrected chi connectivity index (χ3v) is 5.69. The second-order valence-electron chi connectivity index (χ2n) is 5.90. The van der Waals surface area contributed by atoms with Crippen molar-refractivity contribution in [3.63, 3.8) is 0 Å². The summed E-state index contributed by atoms with van der Waals surface area (Å²) in [5, 5.41) is 0.872. The third-order valence-electron chi connectivity index (χ3n) is 3.89. The molecule has 2 aromatic carbocycles. The Labute approximate surface area is 169 Å². The minimum Gasteiger partial charge on any atom is -0.497 e. The van der Waals surface area contributed by atoms with Crippen LogP contribution in [0.1, 0.15) is 27.0 Å². The maximum Gasteiger partial charge on any atom is 0.216 e. The molecular formula is C20H25LiO4P. The monoisotopic (exact) mass is 367 g/mol. The molecule has 0 aliphatic rings. The average molecular weight is 367 g/mol. The fourth-order valence-electron chi connectivity index (χ4n) is 2.80. The Morgan fingerprint density at radius 1 is 0.962 bits per heavy atom. The van der Waals surface area contributed by atoms with Gasteiger partial charge in [0.25, 0.3) is 0 Å². The first-order valence-corrected chi connectivity index (χ1v) is 9.42. The number of hydrogen-bond donors (Lipinski definition) is 0. The second kappa shape index (κ2) is 10.9. The number of benzene rings is 2. The molecule has 0 bridgehead atoms. The van der Waals surface area contributed by atoms with E-state index in [1.165, 1.54) is 0 Å². The van der Waals surface area contributed by atoms with Gasteiger partial charge in [0.1, 0.15) is 13.9 Å². The summed E-state index contributed by atoms with van der Waals surface area (Å²) < 4.78 is 16.2. The Balaban J connectivity index is 0.00000338. The largest absolute Gasteiger partial charge is 0.497 e. The zero-order valence-corrected chi connectivity index (χ0v) is 17.4. The minimum absolute atomic E-state index is 0. The van der Waals surface area contributed by atoms with Gasteiger partial charge in [-0.15, -0.1) is 0 Å². The van der Waals surface area contributed by atoms with Crippen molar-refractivity contribution in [3.8, 4) is 5.75 Å². The van der Waals surface area contributed by atoms with Crippen molar-refractivity contribution in [3.05, 3.63) is 58.7 Å². The van der Waals surface area contributed by atoms with Crippen LogP contribution in [0.3, 0.4) is 0 Å². The average Bonchev–Trinajstić information content (AvgIpc) is 2.58. The smallest absolute Gasteiger partial charge is 0.216 e. The number of methoxy groups -OCH3 is 2. The van der Waals surface area contributed by atoms with Crippen molar-refractivity contribution >= 4 is 37.8 Å². The molecule has 1 atom stereocenters. The van der Waals surface area contributed by atoms with Gasteiger partial charge in [-0.25, -0.2) is 0 Å².